The van der Waals surface area contributed by atoms with Crippen molar-refractivity contribution in [2.24, 2.45) is 0 Å². The van der Waals surface area contributed by atoms with Gasteiger partial charge in [0.2, 0.25) is 5.91 Å². The molecular weight excluding hydrogens is 426 g/mol. The second-order valence-electron chi connectivity index (χ2n) is 7.92. The number of nitrogens with zero attached hydrogens (tertiary/aromatic N) is 2. The summed E-state index contributed by atoms with van der Waals surface area (Å²) in [6.07, 6.45) is 1.16. The molecule has 31 heavy (non-hydrogen) atoms. The van der Waals surface area contributed by atoms with E-state index in [4.69, 9.17) is 0 Å². The second kappa shape index (κ2) is 10.1. The van der Waals surface area contributed by atoms with Gasteiger partial charge in [0.05, 0.1) is 12.0 Å². The van der Waals surface area contributed by atoms with Gasteiger partial charge in [-0.25, -0.2) is 0 Å². The minimum Gasteiger partial charge on any atom is -0.316 e. The van der Waals surface area contributed by atoms with Gasteiger partial charge in [-0.15, -0.1) is 23.7 Å². The van der Waals surface area contributed by atoms with Gasteiger partial charge in [-0.1, -0.05) is 54.1 Å². The highest BCUT2D eigenvalue weighted by atomic mass is 35.5. The summed E-state index contributed by atoms with van der Waals surface area (Å²) >= 11 is 1.55. The molecule has 1 aromatic heterocycles. The first-order valence-corrected chi connectivity index (χ1v) is 11.0. The number of hydrogen-bond acceptors (Lipinski definition) is 4. The van der Waals surface area contributed by atoms with Crippen molar-refractivity contribution in [1.29, 1.82) is 5.26 Å². The lowest BCUT2D eigenvalue weighted by molar-refractivity contribution is -0.115. The third kappa shape index (κ3) is 5.34. The quantitative estimate of drug-likeness (QED) is 0.565. The fourth-order valence-electron chi connectivity index (χ4n) is 4.03. The summed E-state index contributed by atoms with van der Waals surface area (Å²) in [7, 11) is 0. The molecule has 160 valence electrons. The SMILES string of the molecule is Cc1ccc(CC(=O)Nc2sc3c(c2C#N)CCN(Cc2ccccc2)C3)c(C)c1.Cl. The van der Waals surface area contributed by atoms with E-state index in [1.165, 1.54) is 16.0 Å². The van der Waals surface area contributed by atoms with Gasteiger partial charge in [0.1, 0.15) is 11.1 Å². The summed E-state index contributed by atoms with van der Waals surface area (Å²) in [4.78, 5) is 16.3. The zero-order valence-corrected chi connectivity index (χ0v) is 19.4. The molecule has 0 spiro atoms. The molecule has 0 bridgehead atoms. The molecule has 0 saturated heterocycles. The van der Waals surface area contributed by atoms with Gasteiger partial charge in [-0.3, -0.25) is 9.69 Å². The maximum absolute atomic E-state index is 12.7. The van der Waals surface area contributed by atoms with Crippen LogP contribution in [0.3, 0.4) is 0 Å². The Kier molecular flexibility index (Phi) is 7.50. The number of thiophene rings is 1. The zero-order valence-electron chi connectivity index (χ0n) is 17.8. The fourth-order valence-corrected chi connectivity index (χ4v) is 5.28. The lowest BCUT2D eigenvalue weighted by Crippen LogP contribution is -2.29. The van der Waals surface area contributed by atoms with Gasteiger partial charge in [0.25, 0.3) is 0 Å². The molecule has 0 radical (unpaired) electrons. The number of carbonyl (C=O) groups is 1. The van der Waals surface area contributed by atoms with Crippen LogP contribution in [0.5, 0.6) is 0 Å². The first kappa shape index (κ1) is 23.0. The van der Waals surface area contributed by atoms with Crippen molar-refractivity contribution >= 4 is 34.7 Å². The number of nitrogens with one attached hydrogen (secondary N) is 1. The molecule has 1 aliphatic rings. The molecule has 1 aliphatic heterocycles. The number of carbonyl (C=O) groups excluding carboxylic acids is 1. The Morgan fingerprint density at radius 2 is 1.97 bits per heavy atom. The number of hydrogen-bond donors (Lipinski definition) is 1. The molecule has 1 N–H and O–H groups in total. The van der Waals surface area contributed by atoms with Crippen LogP contribution in [0.2, 0.25) is 0 Å². The minimum atomic E-state index is -0.0711. The summed E-state index contributed by atoms with van der Waals surface area (Å²) in [6.45, 7) is 6.71. The van der Waals surface area contributed by atoms with E-state index in [9.17, 15) is 10.1 Å². The van der Waals surface area contributed by atoms with Crippen molar-refractivity contribution < 1.29 is 4.79 Å². The first-order valence-electron chi connectivity index (χ1n) is 10.2. The van der Waals surface area contributed by atoms with Gasteiger partial charge < -0.3 is 5.32 Å². The van der Waals surface area contributed by atoms with E-state index in [-0.39, 0.29) is 18.3 Å². The summed E-state index contributed by atoms with van der Waals surface area (Å²) in [6, 6.07) is 18.9. The molecule has 6 heteroatoms. The minimum absolute atomic E-state index is 0. The summed E-state index contributed by atoms with van der Waals surface area (Å²) in [5.41, 5.74) is 6.37. The van der Waals surface area contributed by atoms with Crippen molar-refractivity contribution in [2.45, 2.75) is 39.8 Å². The monoisotopic (exact) mass is 451 g/mol. The Balaban J connectivity index is 0.00000272. The molecule has 0 aliphatic carbocycles. The number of fused-ring (bicyclic) bond motifs is 1. The summed E-state index contributed by atoms with van der Waals surface area (Å²) in [5.74, 6) is -0.0711. The van der Waals surface area contributed by atoms with Gasteiger partial charge in [0, 0.05) is 24.5 Å². The number of anilines is 1. The number of amides is 1. The fraction of sp³-hybridized carbons (Fsp3) is 0.280. The first-order chi connectivity index (χ1) is 14.5. The van der Waals surface area contributed by atoms with Gasteiger partial charge in [-0.05, 0) is 42.5 Å². The normalized spacial score (nSPS) is 13.1. The largest absolute Gasteiger partial charge is 0.316 e. The third-order valence-corrected chi connectivity index (χ3v) is 6.73. The third-order valence-electron chi connectivity index (χ3n) is 5.60. The molecule has 2 heterocycles. The standard InChI is InChI=1S/C25H25N3OS.ClH/c1-17-8-9-20(18(2)12-17)13-24(29)27-25-22(14-26)21-10-11-28(16-23(21)30-25)15-19-6-4-3-5-7-19;/h3-9,12H,10-11,13,15-16H2,1-2H3,(H,27,29);1H. The highest BCUT2D eigenvalue weighted by molar-refractivity contribution is 7.16. The lowest BCUT2D eigenvalue weighted by Gasteiger charge is -2.26. The van der Waals surface area contributed by atoms with Crippen molar-refractivity contribution in [3.8, 4) is 6.07 Å². The average molecular weight is 452 g/mol. The molecule has 0 atom stereocenters. The Morgan fingerprint density at radius 1 is 1.19 bits per heavy atom. The summed E-state index contributed by atoms with van der Waals surface area (Å²) in [5, 5.41) is 13.4. The van der Waals surface area contributed by atoms with Crippen LogP contribution < -0.4 is 5.32 Å². The van der Waals surface area contributed by atoms with Gasteiger partial charge in [0.15, 0.2) is 0 Å². The molecule has 3 aromatic rings. The van der Waals surface area contributed by atoms with Crippen LogP contribution in [0.15, 0.2) is 48.5 Å². The van der Waals surface area contributed by atoms with Crippen molar-refractivity contribution in [3.63, 3.8) is 0 Å². The number of aryl methyl sites for hydroxylation is 2. The maximum atomic E-state index is 12.7. The average Bonchev–Trinajstić information content (AvgIpc) is 3.07. The van der Waals surface area contributed by atoms with Crippen LogP contribution in [-0.4, -0.2) is 17.4 Å². The van der Waals surface area contributed by atoms with Gasteiger partial charge >= 0.3 is 0 Å². The van der Waals surface area contributed by atoms with Crippen LogP contribution in [0.1, 0.15) is 38.3 Å². The second-order valence-corrected chi connectivity index (χ2v) is 9.03. The molecule has 4 nitrogen and oxygen atoms in total. The smallest absolute Gasteiger partial charge is 0.229 e. The Morgan fingerprint density at radius 3 is 2.68 bits per heavy atom. The predicted molar refractivity (Wildman–Crippen MR) is 129 cm³/mol. The van der Waals surface area contributed by atoms with Crippen LogP contribution >= 0.6 is 23.7 Å². The van der Waals surface area contributed by atoms with E-state index < -0.39 is 0 Å². The van der Waals surface area contributed by atoms with Crippen molar-refractivity contribution in [2.75, 3.05) is 11.9 Å². The van der Waals surface area contributed by atoms with Crippen LogP contribution in [0.4, 0.5) is 5.00 Å². The van der Waals surface area contributed by atoms with E-state index in [1.807, 2.05) is 32.0 Å². The Labute approximate surface area is 193 Å². The van der Waals surface area contributed by atoms with Gasteiger partial charge in [-0.2, -0.15) is 5.26 Å². The molecule has 1 amide bonds. The zero-order chi connectivity index (χ0) is 21.1. The Hall–Kier alpha value is -2.65. The highest BCUT2D eigenvalue weighted by Crippen LogP contribution is 2.37. The van der Waals surface area contributed by atoms with Crippen LogP contribution in [-0.2, 0) is 30.7 Å². The number of rotatable bonds is 5. The molecule has 4 rings (SSSR count). The van der Waals surface area contributed by atoms with Crippen molar-refractivity contribution in [3.05, 3.63) is 86.8 Å². The molecule has 0 fully saturated rings. The lowest BCUT2D eigenvalue weighted by atomic mass is 10.0. The van der Waals surface area contributed by atoms with Crippen LogP contribution in [0.25, 0.3) is 0 Å². The molecule has 0 unspecified atom stereocenters. The number of benzene rings is 2. The Bertz CT molecular complexity index is 1120. The van der Waals surface area contributed by atoms with E-state index in [2.05, 4.69) is 46.6 Å². The van der Waals surface area contributed by atoms with Crippen LogP contribution in [0, 0.1) is 25.2 Å². The molecule has 0 saturated carbocycles. The topological polar surface area (TPSA) is 56.1 Å². The number of halogens is 1. The number of nitriles is 1. The summed E-state index contributed by atoms with van der Waals surface area (Å²) < 4.78 is 0. The highest BCUT2D eigenvalue weighted by Gasteiger charge is 2.25. The van der Waals surface area contributed by atoms with E-state index in [1.54, 1.807) is 11.3 Å². The van der Waals surface area contributed by atoms with Crippen molar-refractivity contribution in [1.82, 2.24) is 4.90 Å². The van der Waals surface area contributed by atoms with E-state index >= 15 is 0 Å². The predicted octanol–water partition coefficient (Wildman–Crippen LogP) is 5.40. The maximum Gasteiger partial charge on any atom is 0.229 e. The molecule has 2 aromatic carbocycles. The van der Waals surface area contributed by atoms with E-state index in [0.717, 1.165) is 42.7 Å². The molecular formula is C25H26ClN3OS. The van der Waals surface area contributed by atoms with E-state index in [0.29, 0.717) is 17.0 Å².